The Bertz CT molecular complexity index is 989. The van der Waals surface area contributed by atoms with Gasteiger partial charge < -0.3 is 14.7 Å². The van der Waals surface area contributed by atoms with E-state index in [9.17, 15) is 14.7 Å². The van der Waals surface area contributed by atoms with Crippen LogP contribution in [0.3, 0.4) is 0 Å². The van der Waals surface area contributed by atoms with Crippen molar-refractivity contribution in [1.82, 2.24) is 0 Å². The lowest BCUT2D eigenvalue weighted by Crippen LogP contribution is -2.57. The van der Waals surface area contributed by atoms with Gasteiger partial charge in [0.05, 0.1) is 11.6 Å². The number of allylic oxidation sites excluding steroid dienone is 1. The Balaban J connectivity index is 1.55. The molecule has 2 aliphatic heterocycles. The lowest BCUT2D eigenvalue weighted by atomic mass is 9.63. The molecule has 29 heavy (non-hydrogen) atoms. The van der Waals surface area contributed by atoms with Crippen molar-refractivity contribution in [3.8, 4) is 0 Å². The molecule has 152 valence electrons. The van der Waals surface area contributed by atoms with E-state index in [4.69, 9.17) is 9.57 Å². The summed E-state index contributed by atoms with van der Waals surface area (Å²) in [5, 5.41) is 15.7. The molecule has 1 aromatic rings. The van der Waals surface area contributed by atoms with E-state index in [2.05, 4.69) is 21.1 Å². The van der Waals surface area contributed by atoms with Crippen molar-refractivity contribution < 1.29 is 24.3 Å². The summed E-state index contributed by atoms with van der Waals surface area (Å²) < 4.78 is 6.70. The van der Waals surface area contributed by atoms with Gasteiger partial charge in [0.2, 0.25) is 5.60 Å². The van der Waals surface area contributed by atoms with Gasteiger partial charge in [-0.15, -0.1) is 0 Å². The summed E-state index contributed by atoms with van der Waals surface area (Å²) in [5.41, 5.74) is -2.30. The fraction of sp³-hybridized carbons (Fsp3) is 0.500. The second-order valence-corrected chi connectivity index (χ2v) is 9.67. The number of hydrogen-bond donors (Lipinski definition) is 1. The van der Waals surface area contributed by atoms with Crippen molar-refractivity contribution in [1.29, 1.82) is 0 Å². The Morgan fingerprint density at radius 3 is 2.76 bits per heavy atom. The zero-order chi connectivity index (χ0) is 20.6. The van der Waals surface area contributed by atoms with Gasteiger partial charge in [0.1, 0.15) is 17.1 Å². The molecule has 6 atom stereocenters. The maximum Gasteiger partial charge on any atom is 0.354 e. The van der Waals surface area contributed by atoms with Gasteiger partial charge in [0, 0.05) is 16.5 Å². The number of ketones is 1. The Hall–Kier alpha value is -1.99. The second kappa shape index (κ2) is 6.01. The van der Waals surface area contributed by atoms with E-state index in [1.54, 1.807) is 13.0 Å². The third kappa shape index (κ3) is 2.23. The molecule has 0 radical (unpaired) electrons. The van der Waals surface area contributed by atoms with Gasteiger partial charge in [-0.05, 0) is 43.9 Å². The highest BCUT2D eigenvalue weighted by Gasteiger charge is 2.73. The van der Waals surface area contributed by atoms with E-state index in [0.717, 1.165) is 10.0 Å². The van der Waals surface area contributed by atoms with Crippen LogP contribution < -0.4 is 0 Å². The molecule has 1 N–H and O–H groups in total. The summed E-state index contributed by atoms with van der Waals surface area (Å²) in [5.74, 6) is -1.24. The van der Waals surface area contributed by atoms with Gasteiger partial charge in [-0.3, -0.25) is 4.79 Å². The van der Waals surface area contributed by atoms with Crippen LogP contribution in [0.5, 0.6) is 0 Å². The number of halogens is 1. The minimum Gasteiger partial charge on any atom is -0.458 e. The number of fused-ring (bicyclic) bond motifs is 4. The molecule has 4 aliphatic rings. The standard InChI is InChI=1S/C22H22BrNO5/c1-12-7-8-14-18(20(2)17(25)9-10-22(12,20)27)28-19(26)21(14)11-16(24-29-21)13-5-3-4-6-15(13)23/h3-6,9-10,12,14,18,27H,7-8,11H2,1-2H3/t12-,14+,18+,20-,21?,22+/m0/s1. The average molecular weight is 460 g/mol. The fourth-order valence-corrected chi connectivity index (χ4v) is 6.15. The van der Waals surface area contributed by atoms with E-state index >= 15 is 0 Å². The molecule has 1 saturated heterocycles. The van der Waals surface area contributed by atoms with Crippen LogP contribution in [-0.4, -0.2) is 39.9 Å². The Morgan fingerprint density at radius 1 is 1.24 bits per heavy atom. The highest BCUT2D eigenvalue weighted by atomic mass is 79.9. The number of carbonyl (C=O) groups excluding carboxylic acids is 2. The number of esters is 1. The van der Waals surface area contributed by atoms with Gasteiger partial charge in [-0.25, -0.2) is 4.79 Å². The summed E-state index contributed by atoms with van der Waals surface area (Å²) in [6.45, 7) is 3.65. The number of benzene rings is 1. The summed E-state index contributed by atoms with van der Waals surface area (Å²) >= 11 is 3.53. The van der Waals surface area contributed by atoms with E-state index in [0.29, 0.717) is 18.6 Å². The number of carbonyl (C=O) groups is 2. The Morgan fingerprint density at radius 2 is 2.00 bits per heavy atom. The predicted molar refractivity (Wildman–Crippen MR) is 108 cm³/mol. The monoisotopic (exact) mass is 459 g/mol. The molecular weight excluding hydrogens is 438 g/mol. The van der Waals surface area contributed by atoms with Crippen molar-refractivity contribution in [3.63, 3.8) is 0 Å². The van der Waals surface area contributed by atoms with Crippen LogP contribution in [0.4, 0.5) is 0 Å². The number of oxime groups is 1. The predicted octanol–water partition coefficient (Wildman–Crippen LogP) is 3.16. The lowest BCUT2D eigenvalue weighted by molar-refractivity contribution is -0.169. The quantitative estimate of drug-likeness (QED) is 0.651. The van der Waals surface area contributed by atoms with Crippen molar-refractivity contribution in [2.24, 2.45) is 22.4 Å². The van der Waals surface area contributed by atoms with E-state index in [1.165, 1.54) is 6.08 Å². The van der Waals surface area contributed by atoms with Crippen LogP contribution in [0, 0.1) is 17.3 Å². The molecule has 7 heteroatoms. The van der Waals surface area contributed by atoms with Crippen molar-refractivity contribution >= 4 is 33.4 Å². The first-order chi connectivity index (χ1) is 13.7. The molecule has 5 rings (SSSR count). The van der Waals surface area contributed by atoms with Crippen molar-refractivity contribution in [2.45, 2.75) is 50.4 Å². The highest BCUT2D eigenvalue weighted by Crippen LogP contribution is 2.59. The smallest absolute Gasteiger partial charge is 0.354 e. The summed E-state index contributed by atoms with van der Waals surface area (Å²) in [6, 6.07) is 7.64. The van der Waals surface area contributed by atoms with Crippen LogP contribution >= 0.6 is 15.9 Å². The number of nitrogens with zero attached hydrogens (tertiary/aromatic N) is 1. The number of aliphatic hydroxyl groups is 1. The van der Waals surface area contributed by atoms with Crippen LogP contribution in [0.1, 0.15) is 38.7 Å². The van der Waals surface area contributed by atoms with E-state index in [-0.39, 0.29) is 24.0 Å². The van der Waals surface area contributed by atoms with Crippen LogP contribution in [-0.2, 0) is 19.2 Å². The summed E-state index contributed by atoms with van der Waals surface area (Å²) in [6.07, 6.45) is 3.78. The SMILES string of the molecule is C[C@H]1CC[C@@H]2[C@@H](OC(=O)C23CC(c2ccccc2Br)=NO3)[C@]2(C)C(=O)C=C[C@@]12O. The van der Waals surface area contributed by atoms with Gasteiger partial charge in [0.15, 0.2) is 5.78 Å². The fourth-order valence-electron chi connectivity index (χ4n) is 5.64. The van der Waals surface area contributed by atoms with Crippen LogP contribution in [0.25, 0.3) is 0 Å². The normalized spacial score (nSPS) is 42.9. The zero-order valence-corrected chi connectivity index (χ0v) is 17.8. The Kier molecular flexibility index (Phi) is 3.94. The highest BCUT2D eigenvalue weighted by molar-refractivity contribution is 9.10. The number of ether oxygens (including phenoxy) is 1. The first-order valence-corrected chi connectivity index (χ1v) is 10.7. The maximum absolute atomic E-state index is 13.1. The molecule has 2 aliphatic carbocycles. The van der Waals surface area contributed by atoms with Gasteiger partial charge in [-0.2, -0.15) is 0 Å². The van der Waals surface area contributed by atoms with E-state index < -0.39 is 28.7 Å². The van der Waals surface area contributed by atoms with Gasteiger partial charge in [0.25, 0.3) is 0 Å². The zero-order valence-electron chi connectivity index (χ0n) is 16.2. The molecule has 1 saturated carbocycles. The van der Waals surface area contributed by atoms with Gasteiger partial charge >= 0.3 is 5.97 Å². The number of rotatable bonds is 1. The van der Waals surface area contributed by atoms with Crippen molar-refractivity contribution in [2.75, 3.05) is 0 Å². The minimum absolute atomic E-state index is 0.151. The van der Waals surface area contributed by atoms with E-state index in [1.807, 2.05) is 31.2 Å². The third-order valence-corrected chi connectivity index (χ3v) is 8.23. The molecule has 1 aromatic carbocycles. The third-order valence-electron chi connectivity index (χ3n) is 7.54. The molecule has 0 aromatic heterocycles. The van der Waals surface area contributed by atoms with Gasteiger partial charge in [-0.1, -0.05) is 46.2 Å². The molecule has 1 spiro atoms. The lowest BCUT2D eigenvalue weighted by Gasteiger charge is -2.43. The van der Waals surface area contributed by atoms with Crippen molar-refractivity contribution in [3.05, 3.63) is 46.5 Å². The first-order valence-electron chi connectivity index (χ1n) is 9.91. The molecule has 6 nitrogen and oxygen atoms in total. The first kappa shape index (κ1) is 19.0. The molecule has 2 heterocycles. The van der Waals surface area contributed by atoms with Crippen LogP contribution in [0.15, 0.2) is 46.0 Å². The summed E-state index contributed by atoms with van der Waals surface area (Å²) in [7, 11) is 0. The number of hydrogen-bond acceptors (Lipinski definition) is 6. The summed E-state index contributed by atoms with van der Waals surface area (Å²) in [4.78, 5) is 31.9. The largest absolute Gasteiger partial charge is 0.458 e. The molecule has 2 fully saturated rings. The van der Waals surface area contributed by atoms with Crippen LogP contribution in [0.2, 0.25) is 0 Å². The molecule has 0 amide bonds. The maximum atomic E-state index is 13.1. The molecular formula is C22H22BrNO5. The molecule has 1 unspecified atom stereocenters. The Labute approximate surface area is 177 Å². The average Bonchev–Trinajstić information content (AvgIpc) is 3.31. The second-order valence-electron chi connectivity index (χ2n) is 8.81. The topological polar surface area (TPSA) is 85.2 Å². The molecule has 0 bridgehead atoms. The minimum atomic E-state index is -1.35.